The molecule has 1 aromatic heterocycles. The van der Waals surface area contributed by atoms with Crippen LogP contribution in [0.3, 0.4) is 0 Å². The molecule has 6 nitrogen and oxygen atoms in total. The second kappa shape index (κ2) is 11.4. The minimum atomic E-state index is -0.410. The summed E-state index contributed by atoms with van der Waals surface area (Å²) in [4.78, 5) is 24.7. The van der Waals surface area contributed by atoms with E-state index in [0.717, 1.165) is 27.3 Å². The predicted octanol–water partition coefficient (Wildman–Crippen LogP) is 5.14. The maximum absolute atomic E-state index is 12.7. The lowest BCUT2D eigenvalue weighted by Gasteiger charge is -2.08. The number of aryl methyl sites for hydroxylation is 1. The first-order valence-electron chi connectivity index (χ1n) is 11.2. The number of thioether (sulfide) groups is 1. The Balaban J connectivity index is 1.56. The van der Waals surface area contributed by atoms with Crippen molar-refractivity contribution in [2.45, 2.75) is 18.4 Å². The van der Waals surface area contributed by atoms with E-state index in [2.05, 4.69) is 17.4 Å². The van der Waals surface area contributed by atoms with Crippen molar-refractivity contribution in [1.82, 2.24) is 9.78 Å². The fourth-order valence-corrected chi connectivity index (χ4v) is 4.28. The van der Waals surface area contributed by atoms with E-state index in [4.69, 9.17) is 10.8 Å². The minimum absolute atomic E-state index is 0.142. The minimum Gasteiger partial charge on any atom is -0.369 e. The Morgan fingerprint density at radius 3 is 2.46 bits per heavy atom. The molecule has 0 aliphatic carbocycles. The second-order valence-corrected chi connectivity index (χ2v) is 9.07. The van der Waals surface area contributed by atoms with Crippen molar-refractivity contribution in [3.63, 3.8) is 0 Å². The molecule has 0 bridgehead atoms. The molecule has 0 aliphatic heterocycles. The first-order valence-corrected chi connectivity index (χ1v) is 12.1. The molecular formula is C28H26N4O2S. The average Bonchev–Trinajstić information content (AvgIpc) is 3.25. The highest BCUT2D eigenvalue weighted by Gasteiger charge is 2.11. The zero-order chi connectivity index (χ0) is 24.6. The Morgan fingerprint density at radius 1 is 1.00 bits per heavy atom. The highest BCUT2D eigenvalue weighted by molar-refractivity contribution is 8.00. The summed E-state index contributed by atoms with van der Waals surface area (Å²) in [5, 5.41) is 7.70. The van der Waals surface area contributed by atoms with E-state index < -0.39 is 5.91 Å². The van der Waals surface area contributed by atoms with Crippen LogP contribution in [0.1, 0.15) is 16.7 Å². The van der Waals surface area contributed by atoms with E-state index in [-0.39, 0.29) is 11.7 Å². The van der Waals surface area contributed by atoms with Gasteiger partial charge in [-0.25, -0.2) is 0 Å². The number of carbonyl (C=O) groups is 2. The maximum atomic E-state index is 12.7. The molecule has 0 radical (unpaired) electrons. The summed E-state index contributed by atoms with van der Waals surface area (Å²) in [6, 6.07) is 25.6. The predicted molar refractivity (Wildman–Crippen MR) is 142 cm³/mol. The molecule has 7 heteroatoms. The molecule has 0 atom stereocenters. The van der Waals surface area contributed by atoms with E-state index >= 15 is 0 Å². The molecule has 0 aliphatic rings. The largest absolute Gasteiger partial charge is 0.369 e. The molecule has 0 unspecified atom stereocenters. The van der Waals surface area contributed by atoms with Gasteiger partial charge >= 0.3 is 0 Å². The summed E-state index contributed by atoms with van der Waals surface area (Å²) < 4.78 is 1.89. The molecule has 0 saturated heterocycles. The summed E-state index contributed by atoms with van der Waals surface area (Å²) >= 11 is 1.29. The smallest absolute Gasteiger partial charge is 0.248 e. The number of nitrogens with two attached hydrogens (primary N) is 1. The van der Waals surface area contributed by atoms with E-state index in [1.807, 2.05) is 78.5 Å². The summed E-state index contributed by atoms with van der Waals surface area (Å²) in [6.45, 7) is 2.67. The lowest BCUT2D eigenvalue weighted by molar-refractivity contribution is -0.115. The zero-order valence-corrected chi connectivity index (χ0v) is 20.2. The van der Waals surface area contributed by atoms with Crippen LogP contribution in [-0.4, -0.2) is 27.3 Å². The number of carbonyl (C=O) groups excluding carboxylic acids is 2. The molecule has 176 valence electrons. The Kier molecular flexibility index (Phi) is 7.80. The van der Waals surface area contributed by atoms with Crippen molar-refractivity contribution in [1.29, 1.82) is 0 Å². The van der Waals surface area contributed by atoms with Crippen LogP contribution in [0.5, 0.6) is 0 Å². The number of amides is 2. The van der Waals surface area contributed by atoms with Gasteiger partial charge in [-0.05, 0) is 30.7 Å². The fourth-order valence-electron chi connectivity index (χ4n) is 3.53. The first kappa shape index (κ1) is 24.0. The molecule has 3 N–H and O–H groups in total. The molecule has 2 amide bonds. The lowest BCUT2D eigenvalue weighted by atomic mass is 10.1. The van der Waals surface area contributed by atoms with Gasteiger partial charge in [0.25, 0.3) is 0 Å². The molecular weight excluding hydrogens is 456 g/mol. The molecule has 0 fully saturated rings. The van der Waals surface area contributed by atoms with Crippen molar-refractivity contribution >= 4 is 35.3 Å². The van der Waals surface area contributed by atoms with Crippen LogP contribution in [0.4, 0.5) is 5.69 Å². The molecule has 4 rings (SSSR count). The number of nitrogens with zero attached hydrogens (tertiary/aromatic N) is 2. The first-order chi connectivity index (χ1) is 17.0. The normalized spacial score (nSPS) is 11.0. The Bertz CT molecular complexity index is 1350. The standard InChI is InChI=1S/C28H26N4O2S/c1-20-11-13-22(14-12-20)28-23(18-32(31-28)17-21-7-3-2-4-8-21)15-16-27(34)30-24-9-5-6-10-25(24)35-19-26(29)33/h2-16,18H,17,19H2,1H3,(H2,29,33)(H,30,34). The molecule has 0 saturated carbocycles. The average molecular weight is 483 g/mol. The third kappa shape index (κ3) is 6.71. The summed E-state index contributed by atoms with van der Waals surface area (Å²) in [7, 11) is 0. The lowest BCUT2D eigenvalue weighted by Crippen LogP contribution is -2.13. The van der Waals surface area contributed by atoms with Gasteiger partial charge in [0.1, 0.15) is 0 Å². The van der Waals surface area contributed by atoms with Gasteiger partial charge < -0.3 is 11.1 Å². The second-order valence-electron chi connectivity index (χ2n) is 8.06. The highest BCUT2D eigenvalue weighted by atomic mass is 32.2. The van der Waals surface area contributed by atoms with E-state index in [0.29, 0.717) is 12.2 Å². The van der Waals surface area contributed by atoms with Crippen LogP contribution in [0.25, 0.3) is 17.3 Å². The number of anilines is 1. The van der Waals surface area contributed by atoms with E-state index in [1.54, 1.807) is 12.1 Å². The number of nitrogens with one attached hydrogen (secondary N) is 1. The van der Waals surface area contributed by atoms with Crippen LogP contribution in [0.2, 0.25) is 0 Å². The van der Waals surface area contributed by atoms with Crippen molar-refractivity contribution in [2.24, 2.45) is 5.73 Å². The highest BCUT2D eigenvalue weighted by Crippen LogP contribution is 2.27. The number of hydrogen-bond acceptors (Lipinski definition) is 4. The van der Waals surface area contributed by atoms with Gasteiger partial charge in [-0.2, -0.15) is 5.10 Å². The van der Waals surface area contributed by atoms with Crippen LogP contribution in [0.15, 0.2) is 96.0 Å². The van der Waals surface area contributed by atoms with Gasteiger partial charge in [0.2, 0.25) is 11.8 Å². The zero-order valence-electron chi connectivity index (χ0n) is 19.3. The van der Waals surface area contributed by atoms with E-state index in [9.17, 15) is 9.59 Å². The summed E-state index contributed by atoms with van der Waals surface area (Å²) in [5.74, 6) is -0.543. The van der Waals surface area contributed by atoms with Crippen LogP contribution >= 0.6 is 11.8 Å². The topological polar surface area (TPSA) is 90.0 Å². The van der Waals surface area contributed by atoms with Gasteiger partial charge in [0, 0.05) is 28.3 Å². The number of rotatable bonds is 9. The van der Waals surface area contributed by atoms with Gasteiger partial charge in [-0.3, -0.25) is 14.3 Å². The number of para-hydroxylation sites is 1. The Morgan fingerprint density at radius 2 is 1.71 bits per heavy atom. The number of benzene rings is 3. The van der Waals surface area contributed by atoms with Gasteiger partial charge in [-0.1, -0.05) is 72.3 Å². The van der Waals surface area contributed by atoms with Gasteiger partial charge in [0.15, 0.2) is 0 Å². The molecule has 3 aromatic carbocycles. The number of hydrogen-bond donors (Lipinski definition) is 2. The number of aromatic nitrogens is 2. The van der Waals surface area contributed by atoms with Crippen LogP contribution < -0.4 is 11.1 Å². The quantitative estimate of drug-likeness (QED) is 0.255. The van der Waals surface area contributed by atoms with Crippen LogP contribution in [0, 0.1) is 6.92 Å². The molecule has 35 heavy (non-hydrogen) atoms. The monoisotopic (exact) mass is 482 g/mol. The Hall–Kier alpha value is -4.10. The maximum Gasteiger partial charge on any atom is 0.248 e. The SMILES string of the molecule is Cc1ccc(-c2nn(Cc3ccccc3)cc2C=CC(=O)Nc2ccccc2SCC(N)=O)cc1. The molecule has 4 aromatic rings. The van der Waals surface area contributed by atoms with Crippen molar-refractivity contribution in [3.05, 3.63) is 108 Å². The Labute approximate surface area is 208 Å². The van der Waals surface area contributed by atoms with Crippen molar-refractivity contribution < 1.29 is 9.59 Å². The van der Waals surface area contributed by atoms with Gasteiger partial charge in [0.05, 0.1) is 23.7 Å². The third-order valence-corrected chi connectivity index (χ3v) is 6.33. The summed E-state index contributed by atoms with van der Waals surface area (Å²) in [5.41, 5.74) is 10.8. The van der Waals surface area contributed by atoms with Gasteiger partial charge in [-0.15, -0.1) is 11.8 Å². The molecule has 1 heterocycles. The van der Waals surface area contributed by atoms with Crippen molar-refractivity contribution in [2.75, 3.05) is 11.1 Å². The third-order valence-electron chi connectivity index (χ3n) is 5.23. The van der Waals surface area contributed by atoms with Crippen LogP contribution in [-0.2, 0) is 16.1 Å². The number of primary amides is 1. The fraction of sp³-hybridized carbons (Fsp3) is 0.107. The van der Waals surface area contributed by atoms with Crippen molar-refractivity contribution in [3.8, 4) is 11.3 Å². The summed E-state index contributed by atoms with van der Waals surface area (Å²) in [6.07, 6.45) is 5.22. The molecule has 0 spiro atoms. The van der Waals surface area contributed by atoms with E-state index in [1.165, 1.54) is 23.4 Å².